The van der Waals surface area contributed by atoms with Crippen molar-refractivity contribution < 1.29 is 14.3 Å². The molecule has 0 bridgehead atoms. The summed E-state index contributed by atoms with van der Waals surface area (Å²) in [5.74, 6) is 0.0628. The minimum absolute atomic E-state index is 0.134. The summed E-state index contributed by atoms with van der Waals surface area (Å²) in [6, 6.07) is 4.84. The third kappa shape index (κ3) is 4.61. The number of benzene rings is 1. The highest BCUT2D eigenvalue weighted by atomic mass is 35.5. The van der Waals surface area contributed by atoms with Gasteiger partial charge in [0.25, 0.3) is 5.91 Å². The van der Waals surface area contributed by atoms with Crippen LogP contribution < -0.4 is 5.32 Å². The fourth-order valence-electron chi connectivity index (χ4n) is 2.90. The number of halogens is 2. The Morgan fingerprint density at radius 3 is 2.74 bits per heavy atom. The Balaban J connectivity index is 1.86. The van der Waals surface area contributed by atoms with E-state index in [-0.39, 0.29) is 34.2 Å². The van der Waals surface area contributed by atoms with Gasteiger partial charge < -0.3 is 10.1 Å². The van der Waals surface area contributed by atoms with Gasteiger partial charge in [-0.1, -0.05) is 56.0 Å². The van der Waals surface area contributed by atoms with Gasteiger partial charge in [-0.25, -0.2) is 4.79 Å². The first-order valence-corrected chi connectivity index (χ1v) is 8.56. The molecule has 2 rings (SSSR count). The van der Waals surface area contributed by atoms with E-state index in [1.807, 2.05) is 0 Å². The van der Waals surface area contributed by atoms with Gasteiger partial charge in [0, 0.05) is 6.04 Å². The summed E-state index contributed by atoms with van der Waals surface area (Å²) in [7, 11) is 0. The number of rotatable bonds is 4. The van der Waals surface area contributed by atoms with Crippen LogP contribution in [0.4, 0.5) is 0 Å². The predicted molar refractivity (Wildman–Crippen MR) is 90.9 cm³/mol. The Kier molecular flexibility index (Phi) is 6.31. The van der Waals surface area contributed by atoms with E-state index < -0.39 is 5.97 Å². The average molecular weight is 358 g/mol. The monoisotopic (exact) mass is 357 g/mol. The zero-order valence-corrected chi connectivity index (χ0v) is 14.8. The number of hydrogen-bond acceptors (Lipinski definition) is 3. The molecule has 126 valence electrons. The molecule has 0 heterocycles. The molecule has 1 aromatic carbocycles. The lowest BCUT2D eigenvalue weighted by Gasteiger charge is -2.34. The van der Waals surface area contributed by atoms with Crippen LogP contribution in [0.1, 0.15) is 43.5 Å². The summed E-state index contributed by atoms with van der Waals surface area (Å²) in [5, 5.41) is 3.36. The maximum Gasteiger partial charge on any atom is 0.340 e. The first-order valence-electron chi connectivity index (χ1n) is 7.80. The lowest BCUT2D eigenvalue weighted by atomic mass is 9.78. The normalized spacial score (nSPS) is 24.1. The van der Waals surface area contributed by atoms with Crippen LogP contribution in [0, 0.1) is 11.8 Å². The molecule has 3 atom stereocenters. The zero-order valence-electron chi connectivity index (χ0n) is 13.3. The molecule has 0 aliphatic heterocycles. The molecule has 1 aliphatic rings. The van der Waals surface area contributed by atoms with Gasteiger partial charge >= 0.3 is 5.97 Å². The van der Waals surface area contributed by atoms with Crippen molar-refractivity contribution in [1.82, 2.24) is 5.32 Å². The predicted octanol–water partition coefficient (Wildman–Crippen LogP) is 4.09. The summed E-state index contributed by atoms with van der Waals surface area (Å²) in [4.78, 5) is 24.0. The molecule has 1 fully saturated rings. The van der Waals surface area contributed by atoms with Crippen molar-refractivity contribution in [2.75, 3.05) is 6.61 Å². The van der Waals surface area contributed by atoms with E-state index in [0.717, 1.165) is 12.8 Å². The molecule has 0 spiro atoms. The Bertz CT molecular complexity index is 591. The Hall–Kier alpha value is -1.26. The number of hydrogen-bond donors (Lipinski definition) is 1. The molecule has 6 heteroatoms. The third-order valence-corrected chi connectivity index (χ3v) is 5.38. The SMILES string of the molecule is C[C@H]1[C@@H](NC(=O)COC(=O)c2cccc(Cl)c2Cl)CCC[C@@H]1C. The zero-order chi connectivity index (χ0) is 17.0. The van der Waals surface area contributed by atoms with E-state index in [0.29, 0.717) is 11.8 Å². The average Bonchev–Trinajstić information content (AvgIpc) is 2.52. The van der Waals surface area contributed by atoms with E-state index in [1.54, 1.807) is 12.1 Å². The van der Waals surface area contributed by atoms with Crippen LogP contribution in [-0.2, 0) is 9.53 Å². The minimum Gasteiger partial charge on any atom is -0.452 e. The highest BCUT2D eigenvalue weighted by molar-refractivity contribution is 6.43. The molecule has 4 nitrogen and oxygen atoms in total. The van der Waals surface area contributed by atoms with E-state index >= 15 is 0 Å². The highest BCUT2D eigenvalue weighted by Gasteiger charge is 2.28. The Labute approximate surface area is 146 Å². The van der Waals surface area contributed by atoms with Crippen LogP contribution >= 0.6 is 23.2 Å². The molecule has 0 unspecified atom stereocenters. The quantitative estimate of drug-likeness (QED) is 0.825. The molecule has 0 aromatic heterocycles. The number of carbonyl (C=O) groups is 2. The summed E-state index contributed by atoms with van der Waals surface area (Å²) in [6.45, 7) is 4.02. The summed E-state index contributed by atoms with van der Waals surface area (Å²) < 4.78 is 5.04. The van der Waals surface area contributed by atoms with Crippen LogP contribution in [-0.4, -0.2) is 24.5 Å². The van der Waals surface area contributed by atoms with Crippen LogP contribution in [0.15, 0.2) is 18.2 Å². The molecular formula is C17H21Cl2NO3. The number of nitrogens with one attached hydrogen (secondary N) is 1. The Morgan fingerprint density at radius 1 is 1.26 bits per heavy atom. The maximum absolute atomic E-state index is 12.0. The van der Waals surface area contributed by atoms with Gasteiger partial charge in [0.1, 0.15) is 0 Å². The molecule has 1 aromatic rings. The van der Waals surface area contributed by atoms with Crippen molar-refractivity contribution in [3.05, 3.63) is 33.8 Å². The van der Waals surface area contributed by atoms with Crippen LogP contribution in [0.2, 0.25) is 10.0 Å². The van der Waals surface area contributed by atoms with Crippen LogP contribution in [0.3, 0.4) is 0 Å². The number of ether oxygens (including phenoxy) is 1. The van der Waals surface area contributed by atoms with E-state index in [2.05, 4.69) is 19.2 Å². The minimum atomic E-state index is -0.655. The number of amides is 1. The summed E-state index contributed by atoms with van der Waals surface area (Å²) in [6.07, 6.45) is 3.26. The highest BCUT2D eigenvalue weighted by Crippen LogP contribution is 2.29. The van der Waals surface area contributed by atoms with Gasteiger partial charge in [-0.2, -0.15) is 0 Å². The molecule has 0 saturated heterocycles. The van der Waals surface area contributed by atoms with Gasteiger partial charge in [0.2, 0.25) is 0 Å². The van der Waals surface area contributed by atoms with E-state index in [1.165, 1.54) is 12.5 Å². The van der Waals surface area contributed by atoms with Gasteiger partial charge in [-0.3, -0.25) is 4.79 Å². The van der Waals surface area contributed by atoms with Crippen molar-refractivity contribution in [1.29, 1.82) is 0 Å². The lowest BCUT2D eigenvalue weighted by Crippen LogP contribution is -2.45. The van der Waals surface area contributed by atoms with E-state index in [4.69, 9.17) is 27.9 Å². The first kappa shape index (κ1) is 18.1. The standard InChI is InChI=1S/C17H21Cl2NO3/c1-10-5-3-8-14(11(10)2)20-15(21)9-23-17(22)12-6-4-7-13(18)16(12)19/h4,6-7,10-11,14H,3,5,8-9H2,1-2H3,(H,20,21)/t10-,11+,14-/m0/s1. The van der Waals surface area contributed by atoms with Crippen molar-refractivity contribution in [3.63, 3.8) is 0 Å². The molecule has 1 N–H and O–H groups in total. The second-order valence-electron chi connectivity index (χ2n) is 6.12. The maximum atomic E-state index is 12.0. The molecule has 1 saturated carbocycles. The van der Waals surface area contributed by atoms with Crippen LogP contribution in [0.25, 0.3) is 0 Å². The smallest absolute Gasteiger partial charge is 0.340 e. The van der Waals surface area contributed by atoms with Crippen LogP contribution in [0.5, 0.6) is 0 Å². The largest absolute Gasteiger partial charge is 0.452 e. The van der Waals surface area contributed by atoms with Gasteiger partial charge in [-0.15, -0.1) is 0 Å². The molecule has 0 radical (unpaired) electrons. The van der Waals surface area contributed by atoms with Crippen molar-refractivity contribution in [2.45, 2.75) is 39.2 Å². The fraction of sp³-hybridized carbons (Fsp3) is 0.529. The molecule has 1 amide bonds. The molecule has 1 aliphatic carbocycles. The van der Waals surface area contributed by atoms with Gasteiger partial charge in [0.15, 0.2) is 6.61 Å². The van der Waals surface area contributed by atoms with Gasteiger partial charge in [0.05, 0.1) is 15.6 Å². The first-order chi connectivity index (χ1) is 10.9. The molecular weight excluding hydrogens is 337 g/mol. The fourth-order valence-corrected chi connectivity index (χ4v) is 3.28. The number of carbonyl (C=O) groups excluding carboxylic acids is 2. The van der Waals surface area contributed by atoms with Crippen molar-refractivity contribution in [3.8, 4) is 0 Å². The second kappa shape index (κ2) is 8.02. The Morgan fingerprint density at radius 2 is 2.00 bits per heavy atom. The third-order valence-electron chi connectivity index (χ3n) is 4.56. The second-order valence-corrected chi connectivity index (χ2v) is 6.90. The lowest BCUT2D eigenvalue weighted by molar-refractivity contribution is -0.125. The van der Waals surface area contributed by atoms with Gasteiger partial charge in [-0.05, 0) is 30.4 Å². The summed E-state index contributed by atoms with van der Waals surface area (Å²) >= 11 is 11.8. The van der Waals surface area contributed by atoms with Crippen molar-refractivity contribution >= 4 is 35.1 Å². The number of esters is 1. The summed E-state index contributed by atoms with van der Waals surface area (Å²) in [5.41, 5.74) is 0.159. The molecule has 23 heavy (non-hydrogen) atoms. The topological polar surface area (TPSA) is 55.4 Å². The van der Waals surface area contributed by atoms with Crippen molar-refractivity contribution in [2.24, 2.45) is 11.8 Å². The van der Waals surface area contributed by atoms with E-state index in [9.17, 15) is 9.59 Å².